The smallest absolute Gasteiger partial charge is 0.282 e. The number of nitrogens with two attached hydrogens (primary N) is 1. The maximum atomic E-state index is 12.7. The number of hydrogen-bond donors (Lipinski definition) is 1. The van der Waals surface area contributed by atoms with Crippen molar-refractivity contribution in [3.63, 3.8) is 0 Å². The van der Waals surface area contributed by atoms with Gasteiger partial charge in [-0.2, -0.15) is 0 Å². The quantitative estimate of drug-likeness (QED) is 0.681. The van der Waals surface area contributed by atoms with Gasteiger partial charge < -0.3 is 10.6 Å². The molecule has 0 saturated heterocycles. The maximum Gasteiger partial charge on any atom is 0.282 e. The number of amides is 1. The lowest BCUT2D eigenvalue weighted by atomic mass is 9.90. The largest absolute Gasteiger partial charge is 0.336 e. The first-order valence-corrected chi connectivity index (χ1v) is 7.34. The van der Waals surface area contributed by atoms with Crippen molar-refractivity contribution in [1.82, 2.24) is 4.90 Å². The molecule has 1 fully saturated rings. The molecule has 0 aromatic heterocycles. The zero-order valence-electron chi connectivity index (χ0n) is 12.2. The van der Waals surface area contributed by atoms with Crippen molar-refractivity contribution in [3.05, 3.63) is 39.9 Å². The third-order valence-corrected chi connectivity index (χ3v) is 4.11. The molecular formula is C15H21N3O3. The van der Waals surface area contributed by atoms with Gasteiger partial charge in [0, 0.05) is 24.7 Å². The van der Waals surface area contributed by atoms with Crippen molar-refractivity contribution in [2.24, 2.45) is 5.73 Å². The Morgan fingerprint density at radius 1 is 1.33 bits per heavy atom. The summed E-state index contributed by atoms with van der Waals surface area (Å²) in [5.41, 5.74) is 5.93. The second-order valence-electron chi connectivity index (χ2n) is 5.43. The van der Waals surface area contributed by atoms with Gasteiger partial charge in [-0.15, -0.1) is 0 Å². The molecule has 0 heterocycles. The minimum Gasteiger partial charge on any atom is -0.336 e. The second-order valence-corrected chi connectivity index (χ2v) is 5.43. The van der Waals surface area contributed by atoms with Crippen LogP contribution in [0.3, 0.4) is 0 Å². The number of benzene rings is 1. The first kappa shape index (κ1) is 15.4. The Morgan fingerprint density at radius 2 is 1.95 bits per heavy atom. The topological polar surface area (TPSA) is 89.5 Å². The van der Waals surface area contributed by atoms with E-state index in [0.29, 0.717) is 6.54 Å². The molecule has 1 saturated carbocycles. The van der Waals surface area contributed by atoms with Gasteiger partial charge in [0.1, 0.15) is 5.56 Å². The Kier molecular flexibility index (Phi) is 4.90. The Hall–Kier alpha value is -1.95. The Balaban J connectivity index is 2.23. The van der Waals surface area contributed by atoms with Crippen LogP contribution in [0, 0.1) is 10.1 Å². The van der Waals surface area contributed by atoms with Gasteiger partial charge in [0.25, 0.3) is 11.6 Å². The normalized spacial score (nSPS) is 21.8. The minimum atomic E-state index is -0.502. The van der Waals surface area contributed by atoms with E-state index in [4.69, 9.17) is 5.73 Å². The number of rotatable bonds is 4. The van der Waals surface area contributed by atoms with Crippen LogP contribution in [-0.2, 0) is 0 Å². The predicted octanol–water partition coefficient (Wildman–Crippen LogP) is 2.33. The van der Waals surface area contributed by atoms with E-state index in [9.17, 15) is 14.9 Å². The standard InChI is InChI=1S/C15H21N3O3/c1-2-17(12-9-7-11(16)8-10-12)15(19)13-5-3-4-6-14(13)18(20)21/h3-6,11-12H,2,7-10,16H2,1H3. The van der Waals surface area contributed by atoms with Gasteiger partial charge in [-0.25, -0.2) is 0 Å². The summed E-state index contributed by atoms with van der Waals surface area (Å²) in [7, 11) is 0. The van der Waals surface area contributed by atoms with Crippen molar-refractivity contribution in [3.8, 4) is 0 Å². The lowest BCUT2D eigenvalue weighted by molar-refractivity contribution is -0.385. The van der Waals surface area contributed by atoms with Crippen molar-refractivity contribution < 1.29 is 9.72 Å². The van der Waals surface area contributed by atoms with Gasteiger partial charge in [0.15, 0.2) is 0 Å². The molecule has 0 radical (unpaired) electrons. The highest BCUT2D eigenvalue weighted by Crippen LogP contribution is 2.26. The molecule has 1 aromatic carbocycles. The average molecular weight is 291 g/mol. The van der Waals surface area contributed by atoms with Crippen LogP contribution in [0.4, 0.5) is 5.69 Å². The molecule has 1 amide bonds. The summed E-state index contributed by atoms with van der Waals surface area (Å²) in [6, 6.07) is 6.47. The molecule has 1 aliphatic carbocycles. The van der Waals surface area contributed by atoms with E-state index in [1.54, 1.807) is 17.0 Å². The molecule has 114 valence electrons. The Labute approximate surface area is 124 Å². The van der Waals surface area contributed by atoms with Gasteiger partial charge in [0.05, 0.1) is 4.92 Å². The molecule has 0 bridgehead atoms. The highest BCUT2D eigenvalue weighted by molar-refractivity contribution is 5.98. The number of nitro groups is 1. The third kappa shape index (κ3) is 3.39. The van der Waals surface area contributed by atoms with Crippen LogP contribution < -0.4 is 5.73 Å². The SMILES string of the molecule is CCN(C(=O)c1ccccc1[N+](=O)[O-])C1CCC(N)CC1. The zero-order chi connectivity index (χ0) is 15.4. The Morgan fingerprint density at radius 3 is 2.52 bits per heavy atom. The van der Waals surface area contributed by atoms with E-state index in [1.165, 1.54) is 12.1 Å². The van der Waals surface area contributed by atoms with E-state index in [2.05, 4.69) is 0 Å². The van der Waals surface area contributed by atoms with E-state index in [1.807, 2.05) is 6.92 Å². The molecule has 0 aliphatic heterocycles. The van der Waals surface area contributed by atoms with Crippen LogP contribution in [0.25, 0.3) is 0 Å². The van der Waals surface area contributed by atoms with Crippen molar-refractivity contribution in [2.75, 3.05) is 6.54 Å². The molecule has 1 aliphatic rings. The summed E-state index contributed by atoms with van der Waals surface area (Å²) in [6.07, 6.45) is 3.51. The fourth-order valence-corrected chi connectivity index (χ4v) is 2.95. The van der Waals surface area contributed by atoms with Crippen LogP contribution in [0.2, 0.25) is 0 Å². The summed E-state index contributed by atoms with van der Waals surface area (Å²) in [5, 5.41) is 11.1. The second kappa shape index (κ2) is 6.67. The van der Waals surface area contributed by atoms with Crippen molar-refractivity contribution in [1.29, 1.82) is 0 Å². The first-order chi connectivity index (χ1) is 10.0. The minimum absolute atomic E-state index is 0.127. The molecule has 1 aromatic rings. The van der Waals surface area contributed by atoms with Crippen LogP contribution in [0.1, 0.15) is 43.0 Å². The van der Waals surface area contributed by atoms with Crippen LogP contribution in [0.5, 0.6) is 0 Å². The van der Waals surface area contributed by atoms with Gasteiger partial charge in [-0.3, -0.25) is 14.9 Å². The summed E-state index contributed by atoms with van der Waals surface area (Å²) in [6.45, 7) is 2.45. The number of nitro benzene ring substituents is 1. The molecule has 6 nitrogen and oxygen atoms in total. The number of para-hydroxylation sites is 1. The van der Waals surface area contributed by atoms with Crippen LogP contribution in [-0.4, -0.2) is 34.4 Å². The zero-order valence-corrected chi connectivity index (χ0v) is 12.2. The van der Waals surface area contributed by atoms with E-state index in [0.717, 1.165) is 25.7 Å². The molecule has 2 rings (SSSR count). The highest BCUT2D eigenvalue weighted by Gasteiger charge is 2.30. The van der Waals surface area contributed by atoms with Gasteiger partial charge in [-0.1, -0.05) is 12.1 Å². The molecular weight excluding hydrogens is 270 g/mol. The summed E-state index contributed by atoms with van der Waals surface area (Å²) in [4.78, 5) is 25.0. The molecule has 6 heteroatoms. The molecule has 21 heavy (non-hydrogen) atoms. The first-order valence-electron chi connectivity index (χ1n) is 7.34. The van der Waals surface area contributed by atoms with Gasteiger partial charge in [-0.05, 0) is 38.7 Å². The van der Waals surface area contributed by atoms with E-state index < -0.39 is 4.92 Å². The number of nitrogens with zero attached hydrogens (tertiary/aromatic N) is 2. The summed E-state index contributed by atoms with van der Waals surface area (Å²) in [5.74, 6) is -0.259. The fraction of sp³-hybridized carbons (Fsp3) is 0.533. The highest BCUT2D eigenvalue weighted by atomic mass is 16.6. The number of carbonyl (C=O) groups is 1. The molecule has 0 atom stereocenters. The van der Waals surface area contributed by atoms with E-state index >= 15 is 0 Å². The summed E-state index contributed by atoms with van der Waals surface area (Å²) < 4.78 is 0. The predicted molar refractivity (Wildman–Crippen MR) is 80.0 cm³/mol. The molecule has 2 N–H and O–H groups in total. The lowest BCUT2D eigenvalue weighted by Gasteiger charge is -2.35. The van der Waals surface area contributed by atoms with Crippen molar-refractivity contribution in [2.45, 2.75) is 44.7 Å². The Bertz CT molecular complexity index is 525. The average Bonchev–Trinajstić information content (AvgIpc) is 2.49. The van der Waals surface area contributed by atoms with Gasteiger partial charge >= 0.3 is 0 Å². The molecule has 0 unspecified atom stereocenters. The summed E-state index contributed by atoms with van der Waals surface area (Å²) >= 11 is 0. The third-order valence-electron chi connectivity index (χ3n) is 4.11. The van der Waals surface area contributed by atoms with Gasteiger partial charge in [0.2, 0.25) is 0 Å². The fourth-order valence-electron chi connectivity index (χ4n) is 2.95. The number of carbonyl (C=O) groups excluding carboxylic acids is 1. The van der Waals surface area contributed by atoms with E-state index in [-0.39, 0.29) is 29.2 Å². The molecule has 0 spiro atoms. The van der Waals surface area contributed by atoms with Crippen molar-refractivity contribution >= 4 is 11.6 Å². The van der Waals surface area contributed by atoms with Crippen LogP contribution >= 0.6 is 0 Å². The monoisotopic (exact) mass is 291 g/mol. The maximum absolute atomic E-state index is 12.7. The lowest BCUT2D eigenvalue weighted by Crippen LogP contribution is -2.44. The number of hydrogen-bond acceptors (Lipinski definition) is 4. The van der Waals surface area contributed by atoms with Crippen LogP contribution in [0.15, 0.2) is 24.3 Å².